The number of likely N-dealkylation sites (tertiary alicyclic amines) is 1. The molecule has 1 N–H and O–H groups in total. The molecule has 6 nitrogen and oxygen atoms in total. The molecule has 2 aromatic rings. The van der Waals surface area contributed by atoms with Crippen molar-refractivity contribution in [2.45, 2.75) is 70.1 Å². The van der Waals surface area contributed by atoms with Crippen LogP contribution in [0.1, 0.15) is 56.7 Å². The van der Waals surface area contributed by atoms with E-state index in [0.717, 1.165) is 31.2 Å². The maximum atomic E-state index is 13.5. The van der Waals surface area contributed by atoms with Crippen LogP contribution in [-0.2, 0) is 32.7 Å². The van der Waals surface area contributed by atoms with Crippen molar-refractivity contribution in [3.05, 3.63) is 71.0 Å². The van der Waals surface area contributed by atoms with E-state index in [1.807, 2.05) is 4.90 Å². The summed E-state index contributed by atoms with van der Waals surface area (Å²) in [5.74, 6) is -0.489. The normalized spacial score (nSPS) is 17.7. The van der Waals surface area contributed by atoms with Gasteiger partial charge in [0.25, 0.3) is 0 Å². The number of benzene rings is 2. The van der Waals surface area contributed by atoms with Gasteiger partial charge in [0.1, 0.15) is 17.5 Å². The smallest absolute Gasteiger partial charge is 0.408 e. The zero-order valence-corrected chi connectivity index (χ0v) is 20.8. The van der Waals surface area contributed by atoms with Crippen LogP contribution in [0.4, 0.5) is 9.18 Å². The Kier molecular flexibility index (Phi) is 7.45. The zero-order chi connectivity index (χ0) is 25.1. The van der Waals surface area contributed by atoms with Gasteiger partial charge in [-0.15, -0.1) is 0 Å². The molecule has 0 aromatic heterocycles. The van der Waals surface area contributed by atoms with Crippen molar-refractivity contribution in [2.24, 2.45) is 0 Å². The largest absolute Gasteiger partial charge is 0.444 e. The molecule has 35 heavy (non-hydrogen) atoms. The van der Waals surface area contributed by atoms with Gasteiger partial charge in [-0.2, -0.15) is 0 Å². The second-order valence-corrected chi connectivity index (χ2v) is 10.6. The van der Waals surface area contributed by atoms with E-state index < -0.39 is 17.7 Å². The van der Waals surface area contributed by atoms with Crippen LogP contribution in [0.2, 0.25) is 0 Å². The highest BCUT2D eigenvalue weighted by molar-refractivity contribution is 5.86. The Morgan fingerprint density at radius 2 is 1.74 bits per heavy atom. The molecule has 7 heteroatoms. The number of fused-ring (bicyclic) bond motifs is 2. The highest BCUT2D eigenvalue weighted by atomic mass is 19.1. The van der Waals surface area contributed by atoms with Crippen LogP contribution < -0.4 is 5.32 Å². The molecule has 1 aliphatic carbocycles. The Morgan fingerprint density at radius 1 is 1.06 bits per heavy atom. The number of aryl methyl sites for hydroxylation is 1. The van der Waals surface area contributed by atoms with Crippen LogP contribution in [-0.4, -0.2) is 48.2 Å². The summed E-state index contributed by atoms with van der Waals surface area (Å²) in [6, 6.07) is 13.8. The van der Waals surface area contributed by atoms with Crippen molar-refractivity contribution < 1.29 is 23.5 Å². The van der Waals surface area contributed by atoms with Gasteiger partial charge in [-0.05, 0) is 80.7 Å². The Bertz CT molecular complexity index is 1040. The minimum atomic E-state index is -0.866. The fourth-order valence-corrected chi connectivity index (χ4v) is 5.16. The number of carbonyl (C=O) groups excluding carboxylic acids is 2. The van der Waals surface area contributed by atoms with Gasteiger partial charge in [-0.25, -0.2) is 9.18 Å². The van der Waals surface area contributed by atoms with Crippen LogP contribution in [0.5, 0.6) is 0 Å². The maximum Gasteiger partial charge on any atom is 0.408 e. The lowest BCUT2D eigenvalue weighted by molar-refractivity contribution is -0.137. The summed E-state index contributed by atoms with van der Waals surface area (Å²) in [7, 11) is 0. The van der Waals surface area contributed by atoms with Crippen molar-refractivity contribution in [2.75, 3.05) is 19.7 Å². The Labute approximate surface area is 206 Å². The molecule has 2 amide bonds. The molecule has 0 unspecified atom stereocenters. The molecule has 1 atom stereocenters. The van der Waals surface area contributed by atoms with Gasteiger partial charge in [0, 0.05) is 13.1 Å². The Morgan fingerprint density at radius 3 is 2.43 bits per heavy atom. The number of alkyl carbamates (subject to hydrolysis) is 1. The quantitative estimate of drug-likeness (QED) is 0.646. The molecule has 0 radical (unpaired) electrons. The Hall–Kier alpha value is -2.93. The average Bonchev–Trinajstić information content (AvgIpc) is 3.17. The monoisotopic (exact) mass is 482 g/mol. The number of nitrogens with zero attached hydrogens (tertiary/aromatic N) is 1. The summed E-state index contributed by atoms with van der Waals surface area (Å²) in [5.41, 5.74) is 3.10. The molecule has 2 aromatic carbocycles. The molecule has 1 fully saturated rings. The minimum Gasteiger partial charge on any atom is -0.444 e. The van der Waals surface area contributed by atoms with E-state index in [1.54, 1.807) is 32.9 Å². The molecule has 188 valence electrons. The molecule has 2 aliphatic rings. The number of halogens is 1. The van der Waals surface area contributed by atoms with Gasteiger partial charge in [0.2, 0.25) is 5.91 Å². The highest BCUT2D eigenvalue weighted by Gasteiger charge is 2.42. The molecular formula is C28H35FN2O4. The SMILES string of the molecule is CC(C)(C)OC(=O)N[C@H](COCc1ccc(F)cc1)C(=O)N1CCC2(CCc3ccccc32)CC1. The molecule has 0 saturated carbocycles. The first-order valence-electron chi connectivity index (χ1n) is 12.3. The first kappa shape index (κ1) is 25.2. The van der Waals surface area contributed by atoms with E-state index in [-0.39, 0.29) is 30.4 Å². The molecule has 0 bridgehead atoms. The van der Waals surface area contributed by atoms with Crippen molar-refractivity contribution >= 4 is 12.0 Å². The number of piperidine rings is 1. The molecule has 1 saturated heterocycles. The summed E-state index contributed by atoms with van der Waals surface area (Å²) < 4.78 is 24.3. The second-order valence-electron chi connectivity index (χ2n) is 10.6. The lowest BCUT2D eigenvalue weighted by Crippen LogP contribution is -2.54. The minimum absolute atomic E-state index is 0.0000705. The standard InChI is InChI=1S/C28H35FN2O4/c1-27(2,3)35-26(33)30-24(19-34-18-20-8-10-22(29)11-9-20)25(32)31-16-14-28(15-17-31)13-12-21-6-4-5-7-23(21)28/h4-11,24H,12-19H2,1-3H3,(H,30,33)/t24-/m1/s1. The molecular weight excluding hydrogens is 447 g/mol. The van der Waals surface area contributed by atoms with Gasteiger partial charge in [-0.3, -0.25) is 4.79 Å². The summed E-state index contributed by atoms with van der Waals surface area (Å²) >= 11 is 0. The van der Waals surface area contributed by atoms with Gasteiger partial charge in [-0.1, -0.05) is 36.4 Å². The highest BCUT2D eigenvalue weighted by Crippen LogP contribution is 2.46. The predicted octanol–water partition coefficient (Wildman–Crippen LogP) is 4.74. The van der Waals surface area contributed by atoms with Crippen molar-refractivity contribution in [1.29, 1.82) is 0 Å². The third-order valence-electron chi connectivity index (χ3n) is 6.95. The van der Waals surface area contributed by atoms with Crippen LogP contribution in [0.15, 0.2) is 48.5 Å². The van der Waals surface area contributed by atoms with Crippen LogP contribution in [0.3, 0.4) is 0 Å². The van der Waals surface area contributed by atoms with E-state index in [4.69, 9.17) is 9.47 Å². The molecule has 4 rings (SSSR count). The van der Waals surface area contributed by atoms with Gasteiger partial charge >= 0.3 is 6.09 Å². The van der Waals surface area contributed by atoms with Crippen molar-refractivity contribution in [3.63, 3.8) is 0 Å². The van der Waals surface area contributed by atoms with Gasteiger partial charge in [0.15, 0.2) is 0 Å². The number of hydrogen-bond acceptors (Lipinski definition) is 4. The predicted molar refractivity (Wildman–Crippen MR) is 131 cm³/mol. The number of nitrogens with one attached hydrogen (secondary N) is 1. The number of ether oxygens (including phenoxy) is 2. The lowest BCUT2D eigenvalue weighted by atomic mass is 9.74. The zero-order valence-electron chi connectivity index (χ0n) is 20.8. The van der Waals surface area contributed by atoms with Crippen molar-refractivity contribution in [1.82, 2.24) is 10.2 Å². The maximum absolute atomic E-state index is 13.5. The van der Waals surface area contributed by atoms with E-state index >= 15 is 0 Å². The first-order chi connectivity index (χ1) is 16.7. The summed E-state index contributed by atoms with van der Waals surface area (Å²) in [6.07, 6.45) is 3.37. The van der Waals surface area contributed by atoms with Crippen LogP contribution in [0, 0.1) is 5.82 Å². The number of carbonyl (C=O) groups is 2. The van der Waals surface area contributed by atoms with E-state index in [2.05, 4.69) is 29.6 Å². The molecule has 1 heterocycles. The Balaban J connectivity index is 1.39. The summed E-state index contributed by atoms with van der Waals surface area (Å²) in [6.45, 7) is 6.81. The van der Waals surface area contributed by atoms with Gasteiger partial charge in [0.05, 0.1) is 13.2 Å². The molecule has 1 aliphatic heterocycles. The number of hydrogen-bond donors (Lipinski definition) is 1. The summed E-state index contributed by atoms with van der Waals surface area (Å²) in [5, 5.41) is 2.71. The van der Waals surface area contributed by atoms with Crippen LogP contribution in [0.25, 0.3) is 0 Å². The lowest BCUT2D eigenvalue weighted by Gasteiger charge is -2.41. The van der Waals surface area contributed by atoms with E-state index in [0.29, 0.717) is 13.1 Å². The number of amides is 2. The molecule has 1 spiro atoms. The topological polar surface area (TPSA) is 67.9 Å². The third-order valence-corrected chi connectivity index (χ3v) is 6.95. The second kappa shape index (κ2) is 10.4. The van der Waals surface area contributed by atoms with E-state index in [9.17, 15) is 14.0 Å². The fourth-order valence-electron chi connectivity index (χ4n) is 5.16. The third kappa shape index (κ3) is 6.20. The average molecular weight is 483 g/mol. The van der Waals surface area contributed by atoms with Gasteiger partial charge < -0.3 is 19.7 Å². The van der Waals surface area contributed by atoms with Crippen LogP contribution >= 0.6 is 0 Å². The number of rotatable bonds is 6. The van der Waals surface area contributed by atoms with Crippen molar-refractivity contribution in [3.8, 4) is 0 Å². The first-order valence-corrected chi connectivity index (χ1v) is 12.3. The summed E-state index contributed by atoms with van der Waals surface area (Å²) in [4.78, 5) is 27.8. The van der Waals surface area contributed by atoms with E-state index in [1.165, 1.54) is 23.3 Å². The fraction of sp³-hybridized carbons (Fsp3) is 0.500.